The lowest BCUT2D eigenvalue weighted by Gasteiger charge is -2.34. The number of fused-ring (bicyclic) bond motifs is 1. The normalized spacial score (nSPS) is 22.0. The highest BCUT2D eigenvalue weighted by atomic mass is 32.2. The lowest BCUT2D eigenvalue weighted by molar-refractivity contribution is -0.115. The molecule has 3 heterocycles. The number of carbonyl (C=O) groups is 2. The minimum atomic E-state index is -3.25. The summed E-state index contributed by atoms with van der Waals surface area (Å²) in [6, 6.07) is 5.18. The summed E-state index contributed by atoms with van der Waals surface area (Å²) in [6.45, 7) is 2.81. The van der Waals surface area contributed by atoms with Crippen molar-refractivity contribution in [3.63, 3.8) is 0 Å². The van der Waals surface area contributed by atoms with Crippen LogP contribution in [0.25, 0.3) is 0 Å². The number of amides is 2. The van der Waals surface area contributed by atoms with Crippen molar-refractivity contribution in [2.45, 2.75) is 38.1 Å². The average molecular weight is 435 g/mol. The lowest BCUT2D eigenvalue weighted by atomic mass is 10.00. The molecule has 164 valence electrons. The van der Waals surface area contributed by atoms with Crippen molar-refractivity contribution < 1.29 is 18.0 Å². The Morgan fingerprint density at radius 2 is 1.83 bits per heavy atom. The summed E-state index contributed by atoms with van der Waals surface area (Å²) < 4.78 is 27.2. The van der Waals surface area contributed by atoms with Crippen molar-refractivity contribution >= 4 is 27.5 Å². The third-order valence-corrected chi connectivity index (χ3v) is 8.50. The van der Waals surface area contributed by atoms with E-state index >= 15 is 0 Å². The molecular formula is C21H30N4O4S. The van der Waals surface area contributed by atoms with Crippen LogP contribution < -0.4 is 10.6 Å². The van der Waals surface area contributed by atoms with Gasteiger partial charge in [-0.1, -0.05) is 0 Å². The highest BCUT2D eigenvalue weighted by Crippen LogP contribution is 2.25. The van der Waals surface area contributed by atoms with Gasteiger partial charge in [0.25, 0.3) is 5.91 Å². The Labute approximate surface area is 178 Å². The summed E-state index contributed by atoms with van der Waals surface area (Å²) in [4.78, 5) is 26.3. The van der Waals surface area contributed by atoms with Gasteiger partial charge >= 0.3 is 0 Å². The van der Waals surface area contributed by atoms with Gasteiger partial charge in [-0.05, 0) is 75.5 Å². The number of hydrogen-bond acceptors (Lipinski definition) is 5. The molecule has 3 aliphatic rings. The van der Waals surface area contributed by atoms with E-state index in [9.17, 15) is 18.0 Å². The van der Waals surface area contributed by atoms with E-state index < -0.39 is 10.0 Å². The van der Waals surface area contributed by atoms with Crippen molar-refractivity contribution in [2.75, 3.05) is 44.3 Å². The first kappa shape index (κ1) is 21.3. The van der Waals surface area contributed by atoms with Crippen molar-refractivity contribution in [3.8, 4) is 0 Å². The molecule has 2 amide bonds. The SMILES string of the molecule is CN1CCC(CS(=O)(=O)N2CCC(NC(=O)c3ccc4c(c3)CC(=O)N4)CC2)CC1. The number of rotatable bonds is 5. The van der Waals surface area contributed by atoms with Crippen LogP contribution in [-0.4, -0.2) is 74.5 Å². The second kappa shape index (κ2) is 8.64. The van der Waals surface area contributed by atoms with E-state index in [0.717, 1.165) is 37.2 Å². The van der Waals surface area contributed by atoms with Crippen molar-refractivity contribution in [1.29, 1.82) is 0 Å². The Bertz CT molecular complexity index is 917. The first-order valence-electron chi connectivity index (χ1n) is 10.7. The molecule has 30 heavy (non-hydrogen) atoms. The van der Waals surface area contributed by atoms with Crippen LogP contribution in [0.2, 0.25) is 0 Å². The van der Waals surface area contributed by atoms with Crippen LogP contribution in [0, 0.1) is 5.92 Å². The smallest absolute Gasteiger partial charge is 0.251 e. The molecule has 0 aromatic heterocycles. The molecular weight excluding hydrogens is 404 g/mol. The quantitative estimate of drug-likeness (QED) is 0.722. The van der Waals surface area contributed by atoms with E-state index in [4.69, 9.17) is 0 Å². The highest BCUT2D eigenvalue weighted by molar-refractivity contribution is 7.89. The molecule has 1 aromatic carbocycles. The molecule has 9 heteroatoms. The molecule has 2 N–H and O–H groups in total. The van der Waals surface area contributed by atoms with Gasteiger partial charge in [0.15, 0.2) is 0 Å². The largest absolute Gasteiger partial charge is 0.349 e. The first-order valence-corrected chi connectivity index (χ1v) is 12.3. The highest BCUT2D eigenvalue weighted by Gasteiger charge is 2.32. The van der Waals surface area contributed by atoms with Crippen LogP contribution in [0.1, 0.15) is 41.6 Å². The second-order valence-electron chi connectivity index (χ2n) is 8.77. The number of piperidine rings is 2. The van der Waals surface area contributed by atoms with E-state index in [1.165, 1.54) is 0 Å². The molecule has 0 bridgehead atoms. The summed E-state index contributed by atoms with van der Waals surface area (Å²) in [5.41, 5.74) is 2.13. The second-order valence-corrected chi connectivity index (χ2v) is 10.8. The Hall–Kier alpha value is -1.97. The number of nitrogens with zero attached hydrogens (tertiary/aromatic N) is 2. The van der Waals surface area contributed by atoms with Gasteiger partial charge in [-0.3, -0.25) is 9.59 Å². The van der Waals surface area contributed by atoms with E-state index in [1.54, 1.807) is 22.5 Å². The fraction of sp³-hybridized carbons (Fsp3) is 0.619. The predicted molar refractivity (Wildman–Crippen MR) is 115 cm³/mol. The third kappa shape index (κ3) is 4.84. The van der Waals surface area contributed by atoms with Crippen molar-refractivity contribution in [2.24, 2.45) is 5.92 Å². The van der Waals surface area contributed by atoms with Crippen LogP contribution in [0.5, 0.6) is 0 Å². The summed E-state index contributed by atoms with van der Waals surface area (Å²) in [5.74, 6) is 0.241. The van der Waals surface area contributed by atoms with Crippen LogP contribution in [0.15, 0.2) is 18.2 Å². The fourth-order valence-electron chi connectivity index (χ4n) is 4.55. The van der Waals surface area contributed by atoms with Gasteiger partial charge in [-0.15, -0.1) is 0 Å². The standard InChI is InChI=1S/C21H30N4O4S/c1-24-8-4-15(5-9-24)14-30(28,29)25-10-6-18(7-11-25)22-21(27)16-2-3-19-17(12-16)13-20(26)23-19/h2-3,12,15,18H,4-11,13-14H2,1H3,(H,22,27)(H,23,26). The molecule has 0 unspecified atom stereocenters. The van der Waals surface area contributed by atoms with Crippen LogP contribution in [0.4, 0.5) is 5.69 Å². The Kier molecular flexibility index (Phi) is 6.13. The zero-order valence-corrected chi connectivity index (χ0v) is 18.2. The Morgan fingerprint density at radius 1 is 1.13 bits per heavy atom. The maximum Gasteiger partial charge on any atom is 0.251 e. The van der Waals surface area contributed by atoms with Gasteiger partial charge < -0.3 is 15.5 Å². The topological polar surface area (TPSA) is 98.8 Å². The number of likely N-dealkylation sites (tertiary alicyclic amines) is 1. The van der Waals surface area contributed by atoms with Gasteiger partial charge in [-0.2, -0.15) is 0 Å². The van der Waals surface area contributed by atoms with Crippen LogP contribution in [-0.2, 0) is 21.2 Å². The number of nitrogens with one attached hydrogen (secondary N) is 2. The average Bonchev–Trinajstić information content (AvgIpc) is 3.09. The van der Waals surface area contributed by atoms with Crippen molar-refractivity contribution in [1.82, 2.24) is 14.5 Å². The van der Waals surface area contributed by atoms with Gasteiger partial charge in [0.05, 0.1) is 12.2 Å². The monoisotopic (exact) mass is 434 g/mol. The van der Waals surface area contributed by atoms with Crippen molar-refractivity contribution in [3.05, 3.63) is 29.3 Å². The van der Waals surface area contributed by atoms with Gasteiger partial charge in [0, 0.05) is 30.4 Å². The molecule has 8 nitrogen and oxygen atoms in total. The molecule has 4 rings (SSSR count). The minimum Gasteiger partial charge on any atom is -0.349 e. The zero-order chi connectivity index (χ0) is 21.3. The van der Waals surface area contributed by atoms with Crippen LogP contribution >= 0.6 is 0 Å². The Balaban J connectivity index is 1.28. The van der Waals surface area contributed by atoms with Crippen LogP contribution in [0.3, 0.4) is 0 Å². The zero-order valence-electron chi connectivity index (χ0n) is 17.4. The van der Waals surface area contributed by atoms with E-state index in [2.05, 4.69) is 22.6 Å². The number of sulfonamides is 1. The summed E-state index contributed by atoms with van der Waals surface area (Å²) in [6.07, 6.45) is 3.39. The molecule has 0 radical (unpaired) electrons. The molecule has 2 saturated heterocycles. The van der Waals surface area contributed by atoms with Gasteiger partial charge in [0.1, 0.15) is 0 Å². The third-order valence-electron chi connectivity index (χ3n) is 6.46. The molecule has 2 fully saturated rings. The lowest BCUT2D eigenvalue weighted by Crippen LogP contribution is -2.48. The summed E-state index contributed by atoms with van der Waals surface area (Å²) >= 11 is 0. The Morgan fingerprint density at radius 3 is 2.53 bits per heavy atom. The number of benzene rings is 1. The molecule has 3 aliphatic heterocycles. The molecule has 1 aromatic rings. The number of anilines is 1. The maximum atomic E-state index is 12.8. The minimum absolute atomic E-state index is 0.0414. The summed E-state index contributed by atoms with van der Waals surface area (Å²) in [7, 11) is -1.18. The molecule has 0 aliphatic carbocycles. The summed E-state index contributed by atoms with van der Waals surface area (Å²) in [5, 5.41) is 5.78. The van der Waals surface area contributed by atoms with E-state index in [-0.39, 0.29) is 29.5 Å². The van der Waals surface area contributed by atoms with E-state index in [0.29, 0.717) is 37.9 Å². The fourth-order valence-corrected chi connectivity index (χ4v) is 6.46. The van der Waals surface area contributed by atoms with E-state index in [1.807, 2.05) is 0 Å². The first-order chi connectivity index (χ1) is 14.3. The molecule has 0 saturated carbocycles. The van der Waals surface area contributed by atoms with Gasteiger partial charge in [-0.25, -0.2) is 12.7 Å². The molecule has 0 atom stereocenters. The number of hydrogen-bond donors (Lipinski definition) is 2. The maximum absolute atomic E-state index is 12.8. The molecule has 0 spiro atoms. The number of carbonyl (C=O) groups excluding carboxylic acids is 2. The van der Waals surface area contributed by atoms with Gasteiger partial charge in [0.2, 0.25) is 15.9 Å². The predicted octanol–water partition coefficient (Wildman–Crippen LogP) is 1.05.